The van der Waals surface area contributed by atoms with Gasteiger partial charge in [0.2, 0.25) is 0 Å². The van der Waals surface area contributed by atoms with Crippen molar-refractivity contribution < 1.29 is 9.53 Å². The van der Waals surface area contributed by atoms with Crippen molar-refractivity contribution in [2.75, 3.05) is 19.7 Å². The summed E-state index contributed by atoms with van der Waals surface area (Å²) in [6.07, 6.45) is 7.81. The fourth-order valence-electron chi connectivity index (χ4n) is 4.75. The largest absolute Gasteiger partial charge is 0.368 e. The normalized spacial score (nSPS) is 25.7. The van der Waals surface area contributed by atoms with E-state index in [-0.39, 0.29) is 23.5 Å². The van der Waals surface area contributed by atoms with Crippen molar-refractivity contribution in [2.24, 2.45) is 0 Å². The third-order valence-electron chi connectivity index (χ3n) is 6.17. The number of nitrogens with one attached hydrogen (secondary N) is 1. The molecule has 1 N–H and O–H groups in total. The number of H-pyrrole nitrogens is 1. The van der Waals surface area contributed by atoms with Crippen molar-refractivity contribution in [2.45, 2.75) is 63.4 Å². The zero-order valence-electron chi connectivity index (χ0n) is 15.5. The second-order valence-electron chi connectivity index (χ2n) is 7.97. The first kappa shape index (κ1) is 17.4. The Hall–Kier alpha value is -1.73. The molecule has 5 rings (SSSR count). The van der Waals surface area contributed by atoms with Gasteiger partial charge in [-0.2, -0.15) is 0 Å². The quantitative estimate of drug-likeness (QED) is 0.860. The molecule has 6 nitrogen and oxygen atoms in total. The lowest BCUT2D eigenvalue weighted by Gasteiger charge is -2.33. The minimum atomic E-state index is -0.276. The molecule has 2 unspecified atom stereocenters. The third kappa shape index (κ3) is 3.10. The van der Waals surface area contributed by atoms with Crippen molar-refractivity contribution >= 4 is 27.5 Å². The van der Waals surface area contributed by atoms with Gasteiger partial charge in [-0.25, -0.2) is 4.98 Å². The number of hydrogen-bond acceptors (Lipinski definition) is 5. The van der Waals surface area contributed by atoms with Crippen LogP contribution in [0.2, 0.25) is 0 Å². The lowest BCUT2D eigenvalue weighted by atomic mass is 9.95. The second kappa shape index (κ2) is 7.02. The number of carbonyl (C=O) groups excluding carboxylic acids is 1. The Bertz CT molecular complexity index is 928. The number of aromatic nitrogens is 2. The first-order valence-electron chi connectivity index (χ1n) is 10.2. The van der Waals surface area contributed by atoms with Crippen molar-refractivity contribution in [3.05, 3.63) is 26.6 Å². The van der Waals surface area contributed by atoms with E-state index in [2.05, 4.69) is 4.98 Å². The van der Waals surface area contributed by atoms with Crippen LogP contribution in [0.5, 0.6) is 0 Å². The maximum atomic E-state index is 12.8. The molecular weight excluding hydrogens is 362 g/mol. The molecule has 27 heavy (non-hydrogen) atoms. The number of piperidine rings is 1. The molecule has 2 fully saturated rings. The molecule has 2 aliphatic heterocycles. The summed E-state index contributed by atoms with van der Waals surface area (Å²) in [7, 11) is 0. The maximum absolute atomic E-state index is 12.8. The number of ether oxygens (including phenoxy) is 1. The standard InChI is InChI=1S/C20H25N3O3S/c24-18-16-13-6-1-2-8-15(13)27-19(16)22-17(21-18)12-5-3-9-23(11-12)20(25)14-7-4-10-26-14/h12,14H,1-11H2,(H,21,22,24). The SMILES string of the molecule is O=C(C1CCCO1)N1CCCC(c2nc3sc4c(c3c(=O)[nH]2)CCCC4)C1. The smallest absolute Gasteiger partial charge is 0.259 e. The number of aryl methyl sites for hydroxylation is 2. The molecular formula is C20H25N3O3S. The van der Waals surface area contributed by atoms with E-state index in [9.17, 15) is 9.59 Å². The average molecular weight is 388 g/mol. The summed E-state index contributed by atoms with van der Waals surface area (Å²) in [6.45, 7) is 2.08. The lowest BCUT2D eigenvalue weighted by Crippen LogP contribution is -2.44. The number of rotatable bonds is 2. The number of amides is 1. The van der Waals surface area contributed by atoms with Crippen LogP contribution in [-0.2, 0) is 22.4 Å². The second-order valence-corrected chi connectivity index (χ2v) is 9.05. The van der Waals surface area contributed by atoms with E-state index in [1.54, 1.807) is 11.3 Å². The summed E-state index contributed by atoms with van der Waals surface area (Å²) in [5.74, 6) is 0.948. The van der Waals surface area contributed by atoms with Crippen LogP contribution in [0.15, 0.2) is 4.79 Å². The van der Waals surface area contributed by atoms with Gasteiger partial charge in [0.05, 0.1) is 5.39 Å². The van der Waals surface area contributed by atoms with Gasteiger partial charge in [0.1, 0.15) is 16.8 Å². The lowest BCUT2D eigenvalue weighted by molar-refractivity contribution is -0.142. The Morgan fingerprint density at radius 3 is 2.93 bits per heavy atom. The number of carbonyl (C=O) groups is 1. The Balaban J connectivity index is 1.42. The summed E-state index contributed by atoms with van der Waals surface area (Å²) < 4.78 is 5.57. The summed E-state index contributed by atoms with van der Waals surface area (Å²) in [5.41, 5.74) is 1.22. The predicted molar refractivity (Wildman–Crippen MR) is 104 cm³/mol. The Kier molecular flexibility index (Phi) is 4.52. The third-order valence-corrected chi connectivity index (χ3v) is 7.35. The first-order chi connectivity index (χ1) is 13.2. The van der Waals surface area contributed by atoms with Gasteiger partial charge in [0.15, 0.2) is 0 Å². The number of nitrogens with zero attached hydrogens (tertiary/aromatic N) is 2. The van der Waals surface area contributed by atoms with Gasteiger partial charge >= 0.3 is 0 Å². The molecule has 4 heterocycles. The number of likely N-dealkylation sites (tertiary alicyclic amines) is 1. The summed E-state index contributed by atoms with van der Waals surface area (Å²) in [4.78, 5) is 37.5. The molecule has 0 saturated carbocycles. The van der Waals surface area contributed by atoms with Gasteiger partial charge in [-0.15, -0.1) is 11.3 Å². The van der Waals surface area contributed by atoms with Crippen LogP contribution in [0, 0.1) is 0 Å². The molecule has 2 atom stereocenters. The van der Waals surface area contributed by atoms with Crippen LogP contribution in [-0.4, -0.2) is 46.6 Å². The van der Waals surface area contributed by atoms with Gasteiger partial charge in [-0.3, -0.25) is 9.59 Å². The van der Waals surface area contributed by atoms with E-state index < -0.39 is 0 Å². The average Bonchev–Trinajstić information content (AvgIpc) is 3.35. The summed E-state index contributed by atoms with van der Waals surface area (Å²) >= 11 is 1.69. The number of fused-ring (bicyclic) bond motifs is 3. The highest BCUT2D eigenvalue weighted by Crippen LogP contribution is 2.34. The van der Waals surface area contributed by atoms with Crippen LogP contribution in [0.25, 0.3) is 10.2 Å². The van der Waals surface area contributed by atoms with E-state index in [4.69, 9.17) is 9.72 Å². The highest BCUT2D eigenvalue weighted by atomic mass is 32.1. The van der Waals surface area contributed by atoms with E-state index in [0.29, 0.717) is 13.2 Å². The van der Waals surface area contributed by atoms with Gasteiger partial charge in [-0.1, -0.05) is 0 Å². The van der Waals surface area contributed by atoms with Crippen molar-refractivity contribution in [3.63, 3.8) is 0 Å². The highest BCUT2D eigenvalue weighted by Gasteiger charge is 2.33. The number of thiophene rings is 1. The highest BCUT2D eigenvalue weighted by molar-refractivity contribution is 7.18. The van der Waals surface area contributed by atoms with Gasteiger partial charge in [0.25, 0.3) is 11.5 Å². The maximum Gasteiger partial charge on any atom is 0.259 e. The molecule has 0 bridgehead atoms. The fourth-order valence-corrected chi connectivity index (χ4v) is 6.02. The van der Waals surface area contributed by atoms with Gasteiger partial charge < -0.3 is 14.6 Å². The summed E-state index contributed by atoms with van der Waals surface area (Å²) in [5, 5.41) is 0.807. The summed E-state index contributed by atoms with van der Waals surface area (Å²) in [6, 6.07) is 0. The van der Waals surface area contributed by atoms with Crippen molar-refractivity contribution in [3.8, 4) is 0 Å². The van der Waals surface area contributed by atoms with E-state index in [1.807, 2.05) is 4.90 Å². The van der Waals surface area contributed by atoms with Gasteiger partial charge in [0, 0.05) is 30.5 Å². The molecule has 3 aliphatic rings. The zero-order chi connectivity index (χ0) is 18.4. The molecule has 1 aliphatic carbocycles. The minimum absolute atomic E-state index is 0.00280. The fraction of sp³-hybridized carbons (Fsp3) is 0.650. The van der Waals surface area contributed by atoms with E-state index in [1.165, 1.54) is 16.9 Å². The molecule has 2 aromatic heterocycles. The monoisotopic (exact) mass is 387 g/mol. The molecule has 2 saturated heterocycles. The first-order valence-corrected chi connectivity index (χ1v) is 11.0. The molecule has 7 heteroatoms. The minimum Gasteiger partial charge on any atom is -0.368 e. The molecule has 0 aromatic carbocycles. The topological polar surface area (TPSA) is 75.3 Å². The van der Waals surface area contributed by atoms with Crippen LogP contribution in [0.3, 0.4) is 0 Å². The van der Waals surface area contributed by atoms with Crippen LogP contribution < -0.4 is 5.56 Å². The van der Waals surface area contributed by atoms with Crippen LogP contribution in [0.1, 0.15) is 60.7 Å². The molecule has 144 valence electrons. The molecule has 0 spiro atoms. The molecule has 0 radical (unpaired) electrons. The van der Waals surface area contributed by atoms with Gasteiger partial charge in [-0.05, 0) is 56.9 Å². The molecule has 2 aromatic rings. The Labute approximate surface area is 161 Å². The number of aromatic amines is 1. The van der Waals surface area contributed by atoms with E-state index in [0.717, 1.165) is 67.5 Å². The van der Waals surface area contributed by atoms with Crippen molar-refractivity contribution in [1.29, 1.82) is 0 Å². The van der Waals surface area contributed by atoms with Crippen LogP contribution in [0.4, 0.5) is 0 Å². The van der Waals surface area contributed by atoms with E-state index >= 15 is 0 Å². The Morgan fingerprint density at radius 1 is 1.19 bits per heavy atom. The Morgan fingerprint density at radius 2 is 2.07 bits per heavy atom. The van der Waals surface area contributed by atoms with Crippen LogP contribution >= 0.6 is 11.3 Å². The molecule has 1 amide bonds. The van der Waals surface area contributed by atoms with Crippen molar-refractivity contribution in [1.82, 2.24) is 14.9 Å². The number of hydrogen-bond donors (Lipinski definition) is 1. The predicted octanol–water partition coefficient (Wildman–Crippen LogP) is 2.75. The zero-order valence-corrected chi connectivity index (χ0v) is 16.3.